The van der Waals surface area contributed by atoms with Gasteiger partial charge in [-0.3, -0.25) is 9.59 Å². The minimum Gasteiger partial charge on any atom is -0.481 e. The van der Waals surface area contributed by atoms with Gasteiger partial charge in [-0.25, -0.2) is 0 Å². The van der Waals surface area contributed by atoms with Crippen LogP contribution in [0.2, 0.25) is 0 Å². The number of likely N-dealkylation sites (tertiary alicyclic amines) is 1. The van der Waals surface area contributed by atoms with Gasteiger partial charge in [-0.05, 0) is 24.3 Å². The zero-order valence-electron chi connectivity index (χ0n) is 10.3. The van der Waals surface area contributed by atoms with E-state index in [1.807, 2.05) is 13.8 Å². The van der Waals surface area contributed by atoms with E-state index < -0.39 is 17.3 Å². The molecule has 1 amide bonds. The fraction of sp³-hybridized carbons (Fsp3) is 0.833. The van der Waals surface area contributed by atoms with Crippen LogP contribution < -0.4 is 5.73 Å². The zero-order chi connectivity index (χ0) is 12.8. The average molecular weight is 240 g/mol. The van der Waals surface area contributed by atoms with Gasteiger partial charge in [0.1, 0.15) is 0 Å². The van der Waals surface area contributed by atoms with Crippen LogP contribution >= 0.6 is 0 Å². The Balaban J connectivity index is 2.01. The lowest BCUT2D eigenvalue weighted by molar-refractivity contribution is -0.141. The van der Waals surface area contributed by atoms with Crippen LogP contribution in [-0.2, 0) is 9.59 Å². The van der Waals surface area contributed by atoms with E-state index in [1.165, 1.54) is 0 Å². The molecule has 5 nitrogen and oxygen atoms in total. The highest BCUT2D eigenvalue weighted by molar-refractivity contribution is 5.91. The third-order valence-corrected chi connectivity index (χ3v) is 4.29. The van der Waals surface area contributed by atoms with Crippen LogP contribution in [0, 0.1) is 23.2 Å². The summed E-state index contributed by atoms with van der Waals surface area (Å²) in [6.07, 6.45) is 0.938. The zero-order valence-corrected chi connectivity index (χ0v) is 10.3. The van der Waals surface area contributed by atoms with Gasteiger partial charge in [0.2, 0.25) is 5.91 Å². The van der Waals surface area contributed by atoms with E-state index in [-0.39, 0.29) is 11.8 Å². The van der Waals surface area contributed by atoms with Crippen molar-refractivity contribution >= 4 is 11.9 Å². The molecular formula is C12H20N2O3. The number of aliphatic carboxylic acids is 1. The molecule has 17 heavy (non-hydrogen) atoms. The van der Waals surface area contributed by atoms with Crippen molar-refractivity contribution in [3.8, 4) is 0 Å². The number of amides is 1. The molecule has 96 valence electrons. The molecule has 3 atom stereocenters. The van der Waals surface area contributed by atoms with E-state index in [0.717, 1.165) is 13.0 Å². The van der Waals surface area contributed by atoms with Crippen LogP contribution in [0.15, 0.2) is 0 Å². The fourth-order valence-corrected chi connectivity index (χ4v) is 2.98. The highest BCUT2D eigenvalue weighted by atomic mass is 16.4. The van der Waals surface area contributed by atoms with Crippen molar-refractivity contribution < 1.29 is 14.7 Å². The van der Waals surface area contributed by atoms with Gasteiger partial charge in [0.25, 0.3) is 0 Å². The van der Waals surface area contributed by atoms with Gasteiger partial charge in [0, 0.05) is 13.1 Å². The number of hydrogen-bond acceptors (Lipinski definition) is 3. The van der Waals surface area contributed by atoms with Crippen molar-refractivity contribution in [3.63, 3.8) is 0 Å². The summed E-state index contributed by atoms with van der Waals surface area (Å²) in [5.41, 5.74) is 5.19. The van der Waals surface area contributed by atoms with Crippen molar-refractivity contribution in [3.05, 3.63) is 0 Å². The molecule has 0 aromatic rings. The van der Waals surface area contributed by atoms with Gasteiger partial charge >= 0.3 is 5.97 Å². The van der Waals surface area contributed by atoms with Gasteiger partial charge < -0.3 is 15.7 Å². The Morgan fingerprint density at radius 2 is 2.06 bits per heavy atom. The number of rotatable bonds is 3. The first kappa shape index (κ1) is 12.4. The lowest BCUT2D eigenvalue weighted by Gasteiger charge is -2.17. The summed E-state index contributed by atoms with van der Waals surface area (Å²) in [6, 6.07) is 0. The molecule has 1 aliphatic carbocycles. The summed E-state index contributed by atoms with van der Waals surface area (Å²) in [5, 5.41) is 9.06. The third kappa shape index (κ3) is 1.92. The molecule has 2 fully saturated rings. The van der Waals surface area contributed by atoms with Crippen molar-refractivity contribution in [1.82, 2.24) is 4.90 Å². The smallest absolute Gasteiger partial charge is 0.307 e. The Morgan fingerprint density at radius 3 is 2.47 bits per heavy atom. The Labute approximate surface area is 101 Å². The SMILES string of the molecule is CC1(C)C(C(=O)O)C1C(=O)N1CCC(CN)C1. The Bertz CT molecular complexity index is 354. The molecule has 1 heterocycles. The predicted octanol–water partition coefficient (Wildman–Crippen LogP) is 0.150. The standard InChI is InChI=1S/C12H20N2O3/c1-12(2)8(9(12)11(16)17)10(15)14-4-3-7(5-13)6-14/h7-9H,3-6,13H2,1-2H3,(H,16,17). The van der Waals surface area contributed by atoms with Gasteiger partial charge in [-0.1, -0.05) is 13.8 Å². The first-order valence-corrected chi connectivity index (χ1v) is 6.11. The maximum absolute atomic E-state index is 12.2. The second-order valence-electron chi connectivity index (χ2n) is 5.79. The van der Waals surface area contributed by atoms with Crippen LogP contribution in [-0.4, -0.2) is 41.5 Å². The molecule has 3 N–H and O–H groups in total. The fourth-order valence-electron chi connectivity index (χ4n) is 2.98. The van der Waals surface area contributed by atoms with Crippen molar-refractivity contribution in [2.45, 2.75) is 20.3 Å². The van der Waals surface area contributed by atoms with Crippen molar-refractivity contribution in [2.24, 2.45) is 28.9 Å². The van der Waals surface area contributed by atoms with Gasteiger partial charge in [-0.2, -0.15) is 0 Å². The summed E-state index contributed by atoms with van der Waals surface area (Å²) in [6.45, 7) is 5.71. The average Bonchev–Trinajstić information content (AvgIpc) is 2.63. The minimum atomic E-state index is -0.858. The van der Waals surface area contributed by atoms with E-state index in [0.29, 0.717) is 19.0 Å². The minimum absolute atomic E-state index is 0.00153. The molecule has 1 aliphatic heterocycles. The maximum atomic E-state index is 12.2. The number of carbonyl (C=O) groups excluding carboxylic acids is 1. The summed E-state index contributed by atoms with van der Waals surface area (Å²) in [7, 11) is 0. The monoisotopic (exact) mass is 240 g/mol. The first-order valence-electron chi connectivity index (χ1n) is 6.11. The second-order valence-corrected chi connectivity index (χ2v) is 5.79. The molecule has 2 aliphatic rings. The predicted molar refractivity (Wildman–Crippen MR) is 62.1 cm³/mol. The molecule has 0 radical (unpaired) electrons. The van der Waals surface area contributed by atoms with Gasteiger partial charge in [-0.15, -0.1) is 0 Å². The highest BCUT2D eigenvalue weighted by Gasteiger charge is 2.66. The van der Waals surface area contributed by atoms with Crippen molar-refractivity contribution in [1.29, 1.82) is 0 Å². The van der Waals surface area contributed by atoms with Crippen LogP contribution in [0.1, 0.15) is 20.3 Å². The number of carboxylic acid groups (broad SMARTS) is 1. The molecule has 3 unspecified atom stereocenters. The molecular weight excluding hydrogens is 220 g/mol. The normalized spacial score (nSPS) is 34.8. The summed E-state index contributed by atoms with van der Waals surface area (Å²) in [5.74, 6) is -1.35. The molecule has 5 heteroatoms. The quantitative estimate of drug-likeness (QED) is 0.735. The number of nitrogens with two attached hydrogens (primary N) is 1. The summed E-state index contributed by atoms with van der Waals surface area (Å²) in [4.78, 5) is 25.0. The van der Waals surface area contributed by atoms with Crippen molar-refractivity contribution in [2.75, 3.05) is 19.6 Å². The number of hydrogen-bond donors (Lipinski definition) is 2. The van der Waals surface area contributed by atoms with E-state index in [1.54, 1.807) is 4.90 Å². The molecule has 0 spiro atoms. The van der Waals surface area contributed by atoms with Crippen LogP contribution in [0.4, 0.5) is 0 Å². The molecule has 2 rings (SSSR count). The van der Waals surface area contributed by atoms with Gasteiger partial charge in [0.15, 0.2) is 0 Å². The lowest BCUT2D eigenvalue weighted by atomic mass is 10.1. The Kier molecular flexibility index (Phi) is 2.89. The van der Waals surface area contributed by atoms with E-state index >= 15 is 0 Å². The van der Waals surface area contributed by atoms with Crippen LogP contribution in [0.3, 0.4) is 0 Å². The van der Waals surface area contributed by atoms with E-state index in [4.69, 9.17) is 10.8 Å². The maximum Gasteiger partial charge on any atom is 0.307 e. The molecule has 0 bridgehead atoms. The number of carboxylic acids is 1. The third-order valence-electron chi connectivity index (χ3n) is 4.29. The van der Waals surface area contributed by atoms with Crippen LogP contribution in [0.25, 0.3) is 0 Å². The molecule has 1 saturated heterocycles. The van der Waals surface area contributed by atoms with E-state index in [9.17, 15) is 9.59 Å². The highest BCUT2D eigenvalue weighted by Crippen LogP contribution is 2.59. The molecule has 1 saturated carbocycles. The summed E-state index contributed by atoms with van der Waals surface area (Å²) >= 11 is 0. The number of carbonyl (C=O) groups is 2. The topological polar surface area (TPSA) is 83.6 Å². The number of nitrogens with zero attached hydrogens (tertiary/aromatic N) is 1. The Hall–Kier alpha value is -1.10. The van der Waals surface area contributed by atoms with Crippen LogP contribution in [0.5, 0.6) is 0 Å². The van der Waals surface area contributed by atoms with Gasteiger partial charge in [0.05, 0.1) is 11.8 Å². The first-order chi connectivity index (χ1) is 7.89. The second kappa shape index (κ2) is 3.98. The lowest BCUT2D eigenvalue weighted by Crippen LogP contribution is -2.32. The summed E-state index contributed by atoms with van der Waals surface area (Å²) < 4.78 is 0. The molecule has 0 aromatic heterocycles. The molecule has 0 aromatic carbocycles. The Morgan fingerprint density at radius 1 is 1.41 bits per heavy atom. The largest absolute Gasteiger partial charge is 0.481 e. The van der Waals surface area contributed by atoms with E-state index in [2.05, 4.69) is 0 Å².